The van der Waals surface area contributed by atoms with Crippen LogP contribution in [0.2, 0.25) is 0 Å². The molecule has 0 aromatic heterocycles. The van der Waals surface area contributed by atoms with E-state index in [2.05, 4.69) is 24.0 Å². The second-order valence-electron chi connectivity index (χ2n) is 2.67. The molecule has 0 aliphatic heterocycles. The molecule has 10 heavy (non-hydrogen) atoms. The second kappa shape index (κ2) is 4.29. The first-order valence-corrected chi connectivity index (χ1v) is 3.93. The summed E-state index contributed by atoms with van der Waals surface area (Å²) < 4.78 is 0. The Labute approximate surface area is 62.8 Å². The van der Waals surface area contributed by atoms with E-state index in [-0.39, 0.29) is 0 Å². The zero-order chi connectivity index (χ0) is 7.23. The molecule has 1 nitrogen and oxygen atoms in total. The van der Waals surface area contributed by atoms with Gasteiger partial charge in [-0.15, -0.1) is 6.58 Å². The highest BCUT2D eigenvalue weighted by Gasteiger charge is 2.06. The first-order chi connectivity index (χ1) is 4.93. The second-order valence-corrected chi connectivity index (χ2v) is 2.67. The van der Waals surface area contributed by atoms with Crippen molar-refractivity contribution >= 4 is 0 Å². The van der Waals surface area contributed by atoms with Crippen molar-refractivity contribution in [3.8, 4) is 0 Å². The van der Waals surface area contributed by atoms with Crippen LogP contribution in [0.15, 0.2) is 24.8 Å². The minimum atomic E-state index is 0.708. The summed E-state index contributed by atoms with van der Waals surface area (Å²) in [6, 6.07) is 0.708. The fourth-order valence-corrected chi connectivity index (χ4v) is 1.17. The van der Waals surface area contributed by atoms with Crippen molar-refractivity contribution in [1.82, 2.24) is 5.32 Å². The van der Waals surface area contributed by atoms with E-state index in [1.165, 1.54) is 12.8 Å². The van der Waals surface area contributed by atoms with Gasteiger partial charge in [-0.3, -0.25) is 0 Å². The summed E-state index contributed by atoms with van der Waals surface area (Å²) in [5.41, 5.74) is 0. The minimum absolute atomic E-state index is 0.708. The largest absolute Gasteiger partial charge is 0.313 e. The van der Waals surface area contributed by atoms with Gasteiger partial charge in [0.15, 0.2) is 0 Å². The Morgan fingerprint density at radius 2 is 2.20 bits per heavy atom. The van der Waals surface area contributed by atoms with Crippen LogP contribution in [-0.2, 0) is 0 Å². The van der Waals surface area contributed by atoms with E-state index >= 15 is 0 Å². The van der Waals surface area contributed by atoms with Gasteiger partial charge in [-0.05, 0) is 25.8 Å². The molecule has 0 bridgehead atoms. The van der Waals surface area contributed by atoms with E-state index in [9.17, 15) is 0 Å². The summed E-state index contributed by atoms with van der Waals surface area (Å²) in [5, 5.41) is 3.45. The number of rotatable bonds is 4. The normalized spacial score (nSPS) is 18.0. The fourth-order valence-electron chi connectivity index (χ4n) is 1.17. The monoisotopic (exact) mass is 137 g/mol. The van der Waals surface area contributed by atoms with Gasteiger partial charge in [-0.1, -0.05) is 18.2 Å². The molecule has 0 heterocycles. The molecule has 1 N–H and O–H groups in total. The van der Waals surface area contributed by atoms with Gasteiger partial charge >= 0.3 is 0 Å². The topological polar surface area (TPSA) is 12.0 Å². The van der Waals surface area contributed by atoms with Crippen molar-refractivity contribution in [3.05, 3.63) is 24.8 Å². The van der Waals surface area contributed by atoms with Gasteiger partial charge in [0.2, 0.25) is 0 Å². The summed E-state index contributed by atoms with van der Waals surface area (Å²) in [6.45, 7) is 4.75. The smallest absolute Gasteiger partial charge is 0.0136 e. The molecule has 1 aliphatic rings. The average molecular weight is 137 g/mol. The lowest BCUT2D eigenvalue weighted by Crippen LogP contribution is -2.26. The number of hydrogen-bond donors (Lipinski definition) is 1. The molecule has 1 aliphatic carbocycles. The van der Waals surface area contributed by atoms with Crippen LogP contribution in [0.3, 0.4) is 0 Å². The Hall–Kier alpha value is -0.560. The van der Waals surface area contributed by atoms with Gasteiger partial charge in [-0.25, -0.2) is 0 Å². The van der Waals surface area contributed by atoms with E-state index < -0.39 is 0 Å². The van der Waals surface area contributed by atoms with Crippen LogP contribution in [0, 0.1) is 0 Å². The fraction of sp³-hybridized carbons (Fsp3) is 0.556. The van der Waals surface area contributed by atoms with E-state index in [0.717, 1.165) is 13.0 Å². The maximum atomic E-state index is 3.67. The van der Waals surface area contributed by atoms with Crippen LogP contribution in [0.1, 0.15) is 19.3 Å². The zero-order valence-electron chi connectivity index (χ0n) is 6.34. The highest BCUT2D eigenvalue weighted by atomic mass is 14.9. The Bertz CT molecular complexity index is 119. The highest BCUT2D eigenvalue weighted by molar-refractivity contribution is 4.97. The molecule has 0 saturated heterocycles. The summed E-state index contributed by atoms with van der Waals surface area (Å²) in [6.07, 6.45) is 9.93. The summed E-state index contributed by atoms with van der Waals surface area (Å²) >= 11 is 0. The van der Waals surface area contributed by atoms with Crippen molar-refractivity contribution in [2.75, 3.05) is 6.54 Å². The molecule has 0 radical (unpaired) electrons. The Kier molecular flexibility index (Phi) is 3.23. The molecule has 0 saturated carbocycles. The molecule has 0 unspecified atom stereocenters. The predicted octanol–water partition coefficient (Wildman–Crippen LogP) is 1.87. The van der Waals surface area contributed by atoms with Gasteiger partial charge in [0.1, 0.15) is 0 Å². The maximum Gasteiger partial charge on any atom is 0.0136 e. The summed E-state index contributed by atoms with van der Waals surface area (Å²) in [4.78, 5) is 0. The van der Waals surface area contributed by atoms with E-state index in [4.69, 9.17) is 0 Å². The molecule has 56 valence electrons. The summed E-state index contributed by atoms with van der Waals surface area (Å²) in [7, 11) is 0. The third kappa shape index (κ3) is 2.36. The Morgan fingerprint density at radius 3 is 2.80 bits per heavy atom. The van der Waals surface area contributed by atoms with Gasteiger partial charge < -0.3 is 5.32 Å². The van der Waals surface area contributed by atoms with Crippen LogP contribution in [0.5, 0.6) is 0 Å². The van der Waals surface area contributed by atoms with Crippen molar-refractivity contribution in [1.29, 1.82) is 0 Å². The van der Waals surface area contributed by atoms with Crippen LogP contribution in [0.4, 0.5) is 0 Å². The maximum absolute atomic E-state index is 3.67. The third-order valence-corrected chi connectivity index (χ3v) is 1.79. The van der Waals surface area contributed by atoms with Crippen LogP contribution >= 0.6 is 0 Å². The standard InChI is InChI=1S/C9H15N/c1-2-3-8-10-9-6-4-5-7-9/h2,4-5,9-10H,1,3,6-8H2. The molecule has 0 spiro atoms. The molecular weight excluding hydrogens is 122 g/mol. The van der Waals surface area contributed by atoms with Gasteiger partial charge in [0, 0.05) is 6.04 Å². The lowest BCUT2D eigenvalue weighted by molar-refractivity contribution is 0.545. The highest BCUT2D eigenvalue weighted by Crippen LogP contribution is 2.08. The Morgan fingerprint density at radius 1 is 1.50 bits per heavy atom. The van der Waals surface area contributed by atoms with Gasteiger partial charge in [-0.2, -0.15) is 0 Å². The molecule has 0 atom stereocenters. The first-order valence-electron chi connectivity index (χ1n) is 3.93. The van der Waals surface area contributed by atoms with Crippen molar-refractivity contribution < 1.29 is 0 Å². The van der Waals surface area contributed by atoms with E-state index in [1.54, 1.807) is 0 Å². The number of hydrogen-bond acceptors (Lipinski definition) is 1. The molecule has 1 rings (SSSR count). The number of nitrogens with one attached hydrogen (secondary N) is 1. The Balaban J connectivity index is 1.98. The SMILES string of the molecule is C=CCCNC1CC=CC1. The molecule has 0 amide bonds. The third-order valence-electron chi connectivity index (χ3n) is 1.79. The van der Waals surface area contributed by atoms with Gasteiger partial charge in [0.25, 0.3) is 0 Å². The van der Waals surface area contributed by atoms with Crippen molar-refractivity contribution in [3.63, 3.8) is 0 Å². The predicted molar refractivity (Wildman–Crippen MR) is 45.0 cm³/mol. The van der Waals surface area contributed by atoms with E-state index in [0.29, 0.717) is 6.04 Å². The summed E-state index contributed by atoms with van der Waals surface area (Å²) in [5.74, 6) is 0. The van der Waals surface area contributed by atoms with Crippen molar-refractivity contribution in [2.24, 2.45) is 0 Å². The van der Waals surface area contributed by atoms with Crippen LogP contribution < -0.4 is 5.32 Å². The molecule has 1 heteroatoms. The zero-order valence-corrected chi connectivity index (χ0v) is 6.34. The minimum Gasteiger partial charge on any atom is -0.313 e. The van der Waals surface area contributed by atoms with Crippen LogP contribution in [-0.4, -0.2) is 12.6 Å². The molecule has 0 aromatic carbocycles. The van der Waals surface area contributed by atoms with Crippen LogP contribution in [0.25, 0.3) is 0 Å². The lowest BCUT2D eigenvalue weighted by Gasteiger charge is -2.09. The molecule has 0 aromatic rings. The molecule has 0 fully saturated rings. The molecular formula is C9H15N. The quantitative estimate of drug-likeness (QED) is 0.461. The average Bonchev–Trinajstić information content (AvgIpc) is 2.41. The van der Waals surface area contributed by atoms with Crippen molar-refractivity contribution in [2.45, 2.75) is 25.3 Å². The lowest BCUT2D eigenvalue weighted by atomic mass is 10.2. The van der Waals surface area contributed by atoms with Gasteiger partial charge in [0.05, 0.1) is 0 Å². The first kappa shape index (κ1) is 7.55. The van der Waals surface area contributed by atoms with E-state index in [1.807, 2.05) is 6.08 Å².